The zero-order chi connectivity index (χ0) is 9.68. The number of hydrogen-bond acceptors (Lipinski definition) is 3. The highest BCUT2D eigenvalue weighted by Gasteiger charge is 1.99. The van der Waals surface area contributed by atoms with Gasteiger partial charge in [0.1, 0.15) is 11.4 Å². The van der Waals surface area contributed by atoms with Crippen molar-refractivity contribution in [2.45, 2.75) is 20.3 Å². The van der Waals surface area contributed by atoms with Gasteiger partial charge in [0, 0.05) is 18.0 Å². The number of hydrogen-bond donors (Lipinski definition) is 0. The van der Waals surface area contributed by atoms with Gasteiger partial charge in [0.2, 0.25) is 0 Å². The minimum absolute atomic E-state index is 0.766. The minimum atomic E-state index is 0.766. The van der Waals surface area contributed by atoms with E-state index < -0.39 is 0 Å². The fourth-order valence-corrected chi connectivity index (χ4v) is 0.915. The highest BCUT2D eigenvalue weighted by molar-refractivity contribution is 5.84. The molecule has 0 aromatic carbocycles. The number of pyridine rings is 1. The Kier molecular flexibility index (Phi) is 3.43. The van der Waals surface area contributed by atoms with Crippen LogP contribution in [0.5, 0.6) is 5.75 Å². The Balaban J connectivity index is 2.99. The first kappa shape index (κ1) is 9.71. The van der Waals surface area contributed by atoms with Crippen molar-refractivity contribution >= 4 is 11.4 Å². The van der Waals surface area contributed by atoms with Gasteiger partial charge in [-0.25, -0.2) is 0 Å². The van der Waals surface area contributed by atoms with Crippen LogP contribution in [0.3, 0.4) is 0 Å². The molecule has 0 amide bonds. The number of rotatable bonds is 3. The van der Waals surface area contributed by atoms with Crippen LogP contribution in [0.25, 0.3) is 0 Å². The summed E-state index contributed by atoms with van der Waals surface area (Å²) in [5, 5.41) is 0. The van der Waals surface area contributed by atoms with Crippen LogP contribution in [0.2, 0.25) is 0 Å². The van der Waals surface area contributed by atoms with Crippen molar-refractivity contribution in [3.63, 3.8) is 0 Å². The van der Waals surface area contributed by atoms with E-state index in [0.29, 0.717) is 0 Å². The van der Waals surface area contributed by atoms with Gasteiger partial charge in [0.15, 0.2) is 0 Å². The van der Waals surface area contributed by atoms with Crippen molar-refractivity contribution in [2.75, 3.05) is 7.11 Å². The van der Waals surface area contributed by atoms with Crippen molar-refractivity contribution < 1.29 is 4.74 Å². The first-order valence-corrected chi connectivity index (χ1v) is 4.30. The number of aromatic nitrogens is 1. The zero-order valence-electron chi connectivity index (χ0n) is 8.24. The molecule has 0 saturated heterocycles. The van der Waals surface area contributed by atoms with Crippen molar-refractivity contribution in [1.29, 1.82) is 0 Å². The molecule has 0 radical (unpaired) electrons. The fourth-order valence-electron chi connectivity index (χ4n) is 0.915. The van der Waals surface area contributed by atoms with Crippen molar-refractivity contribution in [1.82, 2.24) is 4.98 Å². The molecule has 3 heteroatoms. The minimum Gasteiger partial charge on any atom is -0.494 e. The molecular formula is C10H14N2O. The predicted molar refractivity (Wildman–Crippen MR) is 53.8 cm³/mol. The monoisotopic (exact) mass is 178 g/mol. The zero-order valence-corrected chi connectivity index (χ0v) is 8.24. The summed E-state index contributed by atoms with van der Waals surface area (Å²) in [5.74, 6) is 0.766. The van der Waals surface area contributed by atoms with Crippen molar-refractivity contribution in [2.24, 2.45) is 4.99 Å². The summed E-state index contributed by atoms with van der Waals surface area (Å²) in [6.45, 7) is 4.06. The molecule has 0 atom stereocenters. The molecule has 0 aliphatic heterocycles. The van der Waals surface area contributed by atoms with E-state index in [0.717, 1.165) is 23.6 Å². The topological polar surface area (TPSA) is 34.5 Å². The number of aliphatic imine (C=N–C) groups is 1. The summed E-state index contributed by atoms with van der Waals surface area (Å²) in [6.07, 6.45) is 4.34. The Morgan fingerprint density at radius 3 is 3.00 bits per heavy atom. The highest BCUT2D eigenvalue weighted by atomic mass is 16.5. The smallest absolute Gasteiger partial charge is 0.147 e. The fraction of sp³-hybridized carbons (Fsp3) is 0.400. The molecule has 0 aliphatic rings. The van der Waals surface area contributed by atoms with Crippen LogP contribution in [0, 0.1) is 0 Å². The third-order valence-corrected chi connectivity index (χ3v) is 1.80. The average molecular weight is 178 g/mol. The van der Waals surface area contributed by atoms with Gasteiger partial charge in [-0.05, 0) is 13.3 Å². The molecule has 0 N–H and O–H groups in total. The van der Waals surface area contributed by atoms with Gasteiger partial charge in [-0.15, -0.1) is 0 Å². The molecule has 1 heterocycles. The quantitative estimate of drug-likeness (QED) is 0.667. The van der Waals surface area contributed by atoms with E-state index in [9.17, 15) is 0 Å². The first-order chi connectivity index (χ1) is 6.27. The molecule has 0 unspecified atom stereocenters. The summed E-state index contributed by atoms with van der Waals surface area (Å²) >= 11 is 0. The Hall–Kier alpha value is -1.38. The van der Waals surface area contributed by atoms with Crippen LogP contribution in [-0.4, -0.2) is 17.8 Å². The lowest BCUT2D eigenvalue weighted by atomic mass is 10.3. The molecule has 3 nitrogen and oxygen atoms in total. The van der Waals surface area contributed by atoms with Gasteiger partial charge in [-0.2, -0.15) is 0 Å². The van der Waals surface area contributed by atoms with Crippen molar-refractivity contribution in [3.8, 4) is 5.75 Å². The predicted octanol–water partition coefficient (Wildman–Crippen LogP) is 2.59. The van der Waals surface area contributed by atoms with Crippen LogP contribution in [0.1, 0.15) is 20.3 Å². The van der Waals surface area contributed by atoms with Crippen LogP contribution < -0.4 is 4.74 Å². The summed E-state index contributed by atoms with van der Waals surface area (Å²) in [5.41, 5.74) is 1.87. The summed E-state index contributed by atoms with van der Waals surface area (Å²) in [6, 6.07) is 1.81. The van der Waals surface area contributed by atoms with Crippen LogP contribution >= 0.6 is 0 Å². The second kappa shape index (κ2) is 4.60. The van der Waals surface area contributed by atoms with E-state index in [4.69, 9.17) is 4.74 Å². The lowest BCUT2D eigenvalue weighted by Crippen LogP contribution is -1.88. The van der Waals surface area contributed by atoms with Gasteiger partial charge < -0.3 is 4.74 Å². The molecule has 0 aliphatic carbocycles. The number of nitrogens with zero attached hydrogens (tertiary/aromatic N) is 2. The molecule has 0 spiro atoms. The third kappa shape index (κ3) is 2.54. The molecule has 1 aromatic heterocycles. The summed E-state index contributed by atoms with van der Waals surface area (Å²) < 4.78 is 5.14. The largest absolute Gasteiger partial charge is 0.494 e. The lowest BCUT2D eigenvalue weighted by molar-refractivity contribution is 0.415. The summed E-state index contributed by atoms with van der Waals surface area (Å²) in [7, 11) is 1.63. The molecule has 0 bridgehead atoms. The maximum Gasteiger partial charge on any atom is 0.147 e. The summed E-state index contributed by atoms with van der Waals surface area (Å²) in [4.78, 5) is 8.37. The number of methoxy groups -OCH3 is 1. The standard InChI is InChI=1S/C10H14N2O/c1-4-8(2)12-9-7-11-6-5-10(9)13-3/h5-7H,4H2,1-3H3/b12-8+. The van der Waals surface area contributed by atoms with Crippen LogP contribution in [-0.2, 0) is 0 Å². The second-order valence-corrected chi connectivity index (χ2v) is 2.75. The molecule has 0 saturated carbocycles. The molecule has 1 rings (SSSR count). The first-order valence-electron chi connectivity index (χ1n) is 4.30. The second-order valence-electron chi connectivity index (χ2n) is 2.75. The van der Waals surface area contributed by atoms with Crippen LogP contribution in [0.4, 0.5) is 5.69 Å². The van der Waals surface area contributed by atoms with E-state index in [-0.39, 0.29) is 0 Å². The van der Waals surface area contributed by atoms with Gasteiger partial charge in [-0.3, -0.25) is 9.98 Å². The van der Waals surface area contributed by atoms with E-state index in [1.54, 1.807) is 19.5 Å². The van der Waals surface area contributed by atoms with Gasteiger partial charge in [0.25, 0.3) is 0 Å². The lowest BCUT2D eigenvalue weighted by Gasteiger charge is -2.03. The highest BCUT2D eigenvalue weighted by Crippen LogP contribution is 2.25. The Labute approximate surface area is 78.5 Å². The van der Waals surface area contributed by atoms with E-state index >= 15 is 0 Å². The average Bonchev–Trinajstić information content (AvgIpc) is 2.18. The van der Waals surface area contributed by atoms with Crippen LogP contribution in [0.15, 0.2) is 23.5 Å². The molecule has 1 aromatic rings. The third-order valence-electron chi connectivity index (χ3n) is 1.80. The Morgan fingerprint density at radius 1 is 1.62 bits per heavy atom. The Morgan fingerprint density at radius 2 is 2.38 bits per heavy atom. The SMILES string of the molecule is CC/C(C)=N/c1cnccc1OC. The van der Waals surface area contributed by atoms with Gasteiger partial charge in [-0.1, -0.05) is 6.92 Å². The molecule has 0 fully saturated rings. The van der Waals surface area contributed by atoms with E-state index in [1.165, 1.54) is 0 Å². The molecule has 13 heavy (non-hydrogen) atoms. The number of ether oxygens (including phenoxy) is 1. The van der Waals surface area contributed by atoms with E-state index in [1.807, 2.05) is 13.0 Å². The Bertz CT molecular complexity index is 308. The molecule has 70 valence electrons. The maximum atomic E-state index is 5.14. The van der Waals surface area contributed by atoms with E-state index in [2.05, 4.69) is 16.9 Å². The normalized spacial score (nSPS) is 11.5. The van der Waals surface area contributed by atoms with Gasteiger partial charge in [0.05, 0.1) is 13.3 Å². The maximum absolute atomic E-state index is 5.14. The van der Waals surface area contributed by atoms with Gasteiger partial charge >= 0.3 is 0 Å². The molecular weight excluding hydrogens is 164 g/mol. The van der Waals surface area contributed by atoms with Crippen molar-refractivity contribution in [3.05, 3.63) is 18.5 Å².